The number of halogens is 1. The third kappa shape index (κ3) is 3.01. The highest BCUT2D eigenvalue weighted by Gasteiger charge is 2.17. The number of carbonyl (C=O) groups is 1. The lowest BCUT2D eigenvalue weighted by molar-refractivity contribution is 0.0600. The molecule has 0 saturated carbocycles. The van der Waals surface area contributed by atoms with Gasteiger partial charge < -0.3 is 19.4 Å². The molecule has 0 unspecified atom stereocenters. The number of aromatic nitrogens is 2. The fourth-order valence-corrected chi connectivity index (χ4v) is 3.08. The quantitative estimate of drug-likeness (QED) is 0.732. The van der Waals surface area contributed by atoms with E-state index in [0.717, 1.165) is 5.56 Å². The Bertz CT molecular complexity index is 947. The van der Waals surface area contributed by atoms with Gasteiger partial charge >= 0.3 is 5.97 Å². The lowest BCUT2D eigenvalue weighted by Crippen LogP contribution is -2.36. The SMILES string of the molecule is COC(=O)c1ccc(-c2nc3cc(N4CCOCC4)c(F)cc3[nH]2)cc1. The van der Waals surface area contributed by atoms with Crippen LogP contribution in [0, 0.1) is 5.82 Å². The van der Waals surface area contributed by atoms with Gasteiger partial charge in [-0.3, -0.25) is 0 Å². The number of rotatable bonds is 3. The standard InChI is InChI=1S/C19H18FN3O3/c1-25-19(24)13-4-2-12(3-5-13)18-21-15-10-14(20)17(11-16(15)22-18)23-6-8-26-9-7-23/h2-5,10-11H,6-9H2,1H3,(H,21,22). The molecule has 7 heteroatoms. The van der Waals surface area contributed by atoms with Crippen molar-refractivity contribution >= 4 is 22.7 Å². The molecule has 6 nitrogen and oxygen atoms in total. The largest absolute Gasteiger partial charge is 0.465 e. The van der Waals surface area contributed by atoms with Crippen molar-refractivity contribution in [1.82, 2.24) is 9.97 Å². The number of carbonyl (C=O) groups excluding carboxylic acids is 1. The van der Waals surface area contributed by atoms with E-state index in [1.807, 2.05) is 4.90 Å². The van der Waals surface area contributed by atoms with E-state index >= 15 is 0 Å². The predicted octanol–water partition coefficient (Wildman–Crippen LogP) is 2.99. The minimum atomic E-state index is -0.390. The molecular weight excluding hydrogens is 337 g/mol. The Hall–Kier alpha value is -2.93. The van der Waals surface area contributed by atoms with Crippen LogP contribution in [0.4, 0.5) is 10.1 Å². The number of morpholine rings is 1. The van der Waals surface area contributed by atoms with Crippen molar-refractivity contribution in [2.45, 2.75) is 0 Å². The first-order chi connectivity index (χ1) is 12.7. The van der Waals surface area contributed by atoms with Gasteiger partial charge in [0.2, 0.25) is 0 Å². The molecule has 4 rings (SSSR count). The van der Waals surface area contributed by atoms with Gasteiger partial charge in [-0.1, -0.05) is 12.1 Å². The third-order valence-corrected chi connectivity index (χ3v) is 4.48. The summed E-state index contributed by atoms with van der Waals surface area (Å²) in [6, 6.07) is 10.1. The van der Waals surface area contributed by atoms with Crippen molar-refractivity contribution in [3.63, 3.8) is 0 Å². The maximum Gasteiger partial charge on any atom is 0.337 e. The summed E-state index contributed by atoms with van der Waals surface area (Å²) >= 11 is 0. The second kappa shape index (κ2) is 6.76. The van der Waals surface area contributed by atoms with Crippen molar-refractivity contribution in [2.24, 2.45) is 0 Å². The number of hydrogen-bond donors (Lipinski definition) is 1. The molecule has 1 N–H and O–H groups in total. The normalized spacial score (nSPS) is 14.6. The van der Waals surface area contributed by atoms with E-state index in [1.165, 1.54) is 13.2 Å². The molecule has 0 spiro atoms. The number of hydrogen-bond acceptors (Lipinski definition) is 5. The molecule has 2 heterocycles. The number of H-pyrrole nitrogens is 1. The fourth-order valence-electron chi connectivity index (χ4n) is 3.08. The first-order valence-corrected chi connectivity index (χ1v) is 8.36. The average molecular weight is 355 g/mol. The van der Waals surface area contributed by atoms with Gasteiger partial charge in [-0.25, -0.2) is 14.2 Å². The molecule has 2 aromatic carbocycles. The monoisotopic (exact) mass is 355 g/mol. The van der Waals surface area contributed by atoms with E-state index in [1.54, 1.807) is 30.3 Å². The molecule has 1 aliphatic heterocycles. The van der Waals surface area contributed by atoms with Crippen molar-refractivity contribution in [3.05, 3.63) is 47.8 Å². The summed E-state index contributed by atoms with van der Waals surface area (Å²) in [6.07, 6.45) is 0. The number of ether oxygens (including phenoxy) is 2. The van der Waals surface area contributed by atoms with Gasteiger partial charge in [0, 0.05) is 24.7 Å². The smallest absolute Gasteiger partial charge is 0.337 e. The van der Waals surface area contributed by atoms with E-state index in [-0.39, 0.29) is 5.82 Å². The highest BCUT2D eigenvalue weighted by atomic mass is 19.1. The zero-order valence-electron chi connectivity index (χ0n) is 14.3. The van der Waals surface area contributed by atoms with Gasteiger partial charge in [0.05, 0.1) is 42.6 Å². The van der Waals surface area contributed by atoms with Gasteiger partial charge in [0.25, 0.3) is 0 Å². The minimum absolute atomic E-state index is 0.282. The van der Waals surface area contributed by atoms with E-state index in [2.05, 4.69) is 9.97 Å². The van der Waals surface area contributed by atoms with Crippen LogP contribution in [0.3, 0.4) is 0 Å². The van der Waals surface area contributed by atoms with Gasteiger partial charge in [-0.15, -0.1) is 0 Å². The van der Waals surface area contributed by atoms with Gasteiger partial charge in [-0.2, -0.15) is 0 Å². The number of methoxy groups -OCH3 is 1. The summed E-state index contributed by atoms with van der Waals surface area (Å²) in [4.78, 5) is 21.2. The van der Waals surface area contributed by atoms with E-state index in [4.69, 9.17) is 9.47 Å². The van der Waals surface area contributed by atoms with Gasteiger partial charge in [-0.05, 0) is 18.2 Å². The topological polar surface area (TPSA) is 67.4 Å². The Balaban J connectivity index is 1.68. The highest BCUT2D eigenvalue weighted by Crippen LogP contribution is 2.28. The maximum absolute atomic E-state index is 14.5. The third-order valence-electron chi connectivity index (χ3n) is 4.48. The summed E-state index contributed by atoms with van der Waals surface area (Å²) in [5.41, 5.74) is 3.14. The number of nitrogens with one attached hydrogen (secondary N) is 1. The zero-order valence-corrected chi connectivity index (χ0v) is 14.3. The van der Waals surface area contributed by atoms with Crippen LogP contribution in [0.5, 0.6) is 0 Å². The van der Waals surface area contributed by atoms with Crippen molar-refractivity contribution in [3.8, 4) is 11.4 Å². The van der Waals surface area contributed by atoms with Crippen molar-refractivity contribution in [2.75, 3.05) is 38.3 Å². The number of benzene rings is 2. The first-order valence-electron chi connectivity index (χ1n) is 8.36. The van der Waals surface area contributed by atoms with E-state index < -0.39 is 5.97 Å². The fraction of sp³-hybridized carbons (Fsp3) is 0.263. The number of aromatic amines is 1. The molecule has 26 heavy (non-hydrogen) atoms. The Morgan fingerprint density at radius 3 is 2.65 bits per heavy atom. The Morgan fingerprint density at radius 2 is 1.96 bits per heavy atom. The Labute approximate surface area is 149 Å². The number of fused-ring (bicyclic) bond motifs is 1. The Kier molecular flexibility index (Phi) is 4.30. The summed E-state index contributed by atoms with van der Waals surface area (Å²) in [7, 11) is 1.34. The molecule has 1 aromatic heterocycles. The van der Waals surface area contributed by atoms with E-state index in [0.29, 0.717) is 54.4 Å². The van der Waals surface area contributed by atoms with Crippen LogP contribution >= 0.6 is 0 Å². The van der Waals surface area contributed by atoms with Gasteiger partial charge in [0.15, 0.2) is 0 Å². The molecule has 0 atom stereocenters. The Morgan fingerprint density at radius 1 is 1.23 bits per heavy atom. The van der Waals surface area contributed by atoms with Crippen LogP contribution < -0.4 is 4.90 Å². The van der Waals surface area contributed by atoms with E-state index in [9.17, 15) is 9.18 Å². The van der Waals surface area contributed by atoms with Crippen LogP contribution in [-0.2, 0) is 9.47 Å². The molecule has 0 aliphatic carbocycles. The molecule has 3 aromatic rings. The van der Waals surface area contributed by atoms with Crippen LogP contribution in [0.15, 0.2) is 36.4 Å². The summed E-state index contributed by atoms with van der Waals surface area (Å²) < 4.78 is 24.5. The van der Waals surface area contributed by atoms with Crippen LogP contribution in [0.1, 0.15) is 10.4 Å². The molecular formula is C19H18FN3O3. The second-order valence-corrected chi connectivity index (χ2v) is 6.07. The number of esters is 1. The molecule has 0 radical (unpaired) electrons. The zero-order chi connectivity index (χ0) is 18.1. The number of imidazole rings is 1. The maximum atomic E-state index is 14.5. The molecule has 0 amide bonds. The lowest BCUT2D eigenvalue weighted by atomic mass is 10.1. The average Bonchev–Trinajstić information content (AvgIpc) is 3.10. The molecule has 1 fully saturated rings. The molecule has 0 bridgehead atoms. The summed E-state index contributed by atoms with van der Waals surface area (Å²) in [5, 5.41) is 0. The summed E-state index contributed by atoms with van der Waals surface area (Å²) in [5.74, 6) is -0.0519. The lowest BCUT2D eigenvalue weighted by Gasteiger charge is -2.29. The predicted molar refractivity (Wildman–Crippen MR) is 95.9 cm³/mol. The summed E-state index contributed by atoms with van der Waals surface area (Å²) in [6.45, 7) is 2.51. The minimum Gasteiger partial charge on any atom is -0.465 e. The van der Waals surface area contributed by atoms with Gasteiger partial charge in [0.1, 0.15) is 11.6 Å². The van der Waals surface area contributed by atoms with Crippen molar-refractivity contribution in [1.29, 1.82) is 0 Å². The number of nitrogens with zero attached hydrogens (tertiary/aromatic N) is 2. The van der Waals surface area contributed by atoms with Crippen molar-refractivity contribution < 1.29 is 18.7 Å². The number of anilines is 1. The molecule has 1 saturated heterocycles. The highest BCUT2D eigenvalue weighted by molar-refractivity contribution is 5.90. The second-order valence-electron chi connectivity index (χ2n) is 6.07. The van der Waals surface area contributed by atoms with Crippen LogP contribution in [0.2, 0.25) is 0 Å². The van der Waals surface area contributed by atoms with Crippen LogP contribution in [-0.4, -0.2) is 49.4 Å². The first kappa shape index (κ1) is 16.5. The van der Waals surface area contributed by atoms with Crippen LogP contribution in [0.25, 0.3) is 22.4 Å². The molecule has 1 aliphatic rings. The molecule has 134 valence electrons.